The number of carbonyl (C=O) groups is 1. The Hall–Kier alpha value is -2.14. The second-order valence-electron chi connectivity index (χ2n) is 5.60. The Morgan fingerprint density at radius 2 is 2.27 bits per heavy atom. The van der Waals surface area contributed by atoms with E-state index in [-0.39, 0.29) is 17.8 Å². The standard InChI is InChI=1S/C17H15FN2OS/c18-10-6-7-13-12(9-10)11-3-1-4-14(16(11)19-13)20-17(21)15-5-2-8-22-15/h2,5-9,14,19H,1,3-4H2,(H,20,21)/t14-/m1/s1. The summed E-state index contributed by atoms with van der Waals surface area (Å²) < 4.78 is 13.5. The lowest BCUT2D eigenvalue weighted by atomic mass is 9.91. The van der Waals surface area contributed by atoms with Gasteiger partial charge in [-0.1, -0.05) is 6.07 Å². The number of hydrogen-bond acceptors (Lipinski definition) is 2. The predicted octanol–water partition coefficient (Wildman–Crippen LogP) is 4.18. The molecule has 4 rings (SSSR count). The van der Waals surface area contributed by atoms with E-state index in [9.17, 15) is 9.18 Å². The van der Waals surface area contributed by atoms with Crippen LogP contribution in [0.3, 0.4) is 0 Å². The van der Waals surface area contributed by atoms with Crippen molar-refractivity contribution in [2.75, 3.05) is 0 Å². The number of nitrogens with one attached hydrogen (secondary N) is 2. The lowest BCUT2D eigenvalue weighted by Gasteiger charge is -2.23. The maximum atomic E-state index is 13.5. The Morgan fingerprint density at radius 3 is 3.09 bits per heavy atom. The summed E-state index contributed by atoms with van der Waals surface area (Å²) in [5.74, 6) is -0.267. The number of fused-ring (bicyclic) bond motifs is 3. The van der Waals surface area contributed by atoms with E-state index in [0.717, 1.165) is 41.4 Å². The van der Waals surface area contributed by atoms with Gasteiger partial charge in [0.1, 0.15) is 5.82 Å². The van der Waals surface area contributed by atoms with Gasteiger partial charge in [-0.3, -0.25) is 4.79 Å². The second kappa shape index (κ2) is 5.25. The normalized spacial score (nSPS) is 17.4. The van der Waals surface area contributed by atoms with Crippen LogP contribution in [0.1, 0.15) is 39.8 Å². The minimum Gasteiger partial charge on any atom is -0.356 e. The first-order valence-electron chi connectivity index (χ1n) is 7.37. The molecule has 0 radical (unpaired) electrons. The summed E-state index contributed by atoms with van der Waals surface area (Å²) in [6.07, 6.45) is 2.81. The molecule has 0 bridgehead atoms. The van der Waals surface area contributed by atoms with Gasteiger partial charge in [0.05, 0.1) is 10.9 Å². The minimum absolute atomic E-state index is 0.0335. The highest BCUT2D eigenvalue weighted by Crippen LogP contribution is 2.35. The Kier molecular flexibility index (Phi) is 3.22. The minimum atomic E-state index is -0.223. The van der Waals surface area contributed by atoms with E-state index in [1.807, 2.05) is 17.5 Å². The summed E-state index contributed by atoms with van der Waals surface area (Å²) >= 11 is 1.44. The lowest BCUT2D eigenvalue weighted by molar-refractivity contribution is 0.0936. The maximum absolute atomic E-state index is 13.5. The quantitative estimate of drug-likeness (QED) is 0.732. The van der Waals surface area contributed by atoms with Crippen LogP contribution in [0, 0.1) is 5.82 Å². The molecule has 5 heteroatoms. The van der Waals surface area contributed by atoms with Gasteiger partial charge in [0.15, 0.2) is 0 Å². The lowest BCUT2D eigenvalue weighted by Crippen LogP contribution is -2.30. The smallest absolute Gasteiger partial charge is 0.261 e. The Bertz CT molecular complexity index is 838. The molecular weight excluding hydrogens is 299 g/mol. The molecule has 3 nitrogen and oxygen atoms in total. The molecule has 0 saturated heterocycles. The number of aryl methyl sites for hydroxylation is 1. The van der Waals surface area contributed by atoms with E-state index in [4.69, 9.17) is 0 Å². The van der Waals surface area contributed by atoms with E-state index < -0.39 is 0 Å². The van der Waals surface area contributed by atoms with E-state index in [1.165, 1.54) is 17.4 Å². The molecule has 1 aliphatic rings. The first-order chi connectivity index (χ1) is 10.7. The van der Waals surface area contributed by atoms with Crippen LogP contribution in [0.4, 0.5) is 4.39 Å². The van der Waals surface area contributed by atoms with Gasteiger partial charge < -0.3 is 10.3 Å². The number of hydrogen-bond donors (Lipinski definition) is 2. The molecule has 2 heterocycles. The molecule has 2 N–H and O–H groups in total. The number of carbonyl (C=O) groups excluding carboxylic acids is 1. The van der Waals surface area contributed by atoms with Crippen LogP contribution in [-0.2, 0) is 6.42 Å². The third kappa shape index (κ3) is 2.22. The molecule has 0 fully saturated rings. The van der Waals surface area contributed by atoms with Crippen LogP contribution >= 0.6 is 11.3 Å². The van der Waals surface area contributed by atoms with Crippen molar-refractivity contribution in [3.8, 4) is 0 Å². The Labute approximate surface area is 131 Å². The van der Waals surface area contributed by atoms with Crippen molar-refractivity contribution in [3.63, 3.8) is 0 Å². The van der Waals surface area contributed by atoms with Crippen LogP contribution in [0.15, 0.2) is 35.7 Å². The number of aromatic nitrogens is 1. The van der Waals surface area contributed by atoms with E-state index in [2.05, 4.69) is 10.3 Å². The van der Waals surface area contributed by atoms with Crippen LogP contribution < -0.4 is 5.32 Å². The topological polar surface area (TPSA) is 44.9 Å². The molecular formula is C17H15FN2OS. The van der Waals surface area contributed by atoms with Gasteiger partial charge in [0, 0.05) is 16.6 Å². The summed E-state index contributed by atoms with van der Waals surface area (Å²) in [4.78, 5) is 16.4. The molecule has 1 aliphatic carbocycles. The molecule has 22 heavy (non-hydrogen) atoms. The zero-order valence-corrected chi connectivity index (χ0v) is 12.7. The number of thiophene rings is 1. The van der Waals surface area contributed by atoms with Crippen LogP contribution in [0.5, 0.6) is 0 Å². The van der Waals surface area contributed by atoms with Crippen molar-refractivity contribution in [2.45, 2.75) is 25.3 Å². The van der Waals surface area contributed by atoms with Crippen LogP contribution in [-0.4, -0.2) is 10.9 Å². The predicted molar refractivity (Wildman–Crippen MR) is 85.7 cm³/mol. The first-order valence-corrected chi connectivity index (χ1v) is 8.25. The summed E-state index contributed by atoms with van der Waals surface area (Å²) in [5.41, 5.74) is 3.10. The fraction of sp³-hybridized carbons (Fsp3) is 0.235. The summed E-state index contributed by atoms with van der Waals surface area (Å²) in [7, 11) is 0. The van der Waals surface area contributed by atoms with Crippen molar-refractivity contribution in [3.05, 3.63) is 57.7 Å². The van der Waals surface area contributed by atoms with Crippen molar-refractivity contribution in [1.82, 2.24) is 10.3 Å². The average molecular weight is 314 g/mol. The zero-order chi connectivity index (χ0) is 15.1. The molecule has 0 saturated carbocycles. The van der Waals surface area contributed by atoms with Gasteiger partial charge in [-0.15, -0.1) is 11.3 Å². The Morgan fingerprint density at radius 1 is 1.36 bits per heavy atom. The maximum Gasteiger partial charge on any atom is 0.261 e. The molecule has 112 valence electrons. The third-order valence-corrected chi connectivity index (χ3v) is 5.09. The van der Waals surface area contributed by atoms with E-state index in [0.29, 0.717) is 4.88 Å². The summed E-state index contributed by atoms with van der Waals surface area (Å²) in [6.45, 7) is 0. The second-order valence-corrected chi connectivity index (χ2v) is 6.55. The fourth-order valence-corrected chi connectivity index (χ4v) is 3.84. The van der Waals surface area contributed by atoms with Crippen molar-refractivity contribution in [2.24, 2.45) is 0 Å². The van der Waals surface area contributed by atoms with Gasteiger partial charge in [0.25, 0.3) is 5.91 Å². The van der Waals surface area contributed by atoms with Gasteiger partial charge in [-0.2, -0.15) is 0 Å². The molecule has 1 atom stereocenters. The van der Waals surface area contributed by atoms with Gasteiger partial charge in [-0.25, -0.2) is 4.39 Å². The molecule has 3 aromatic rings. The average Bonchev–Trinajstić information content (AvgIpc) is 3.15. The summed E-state index contributed by atoms with van der Waals surface area (Å²) in [5, 5.41) is 5.93. The number of amides is 1. The molecule has 2 aromatic heterocycles. The molecule has 0 aliphatic heterocycles. The number of H-pyrrole nitrogens is 1. The van der Waals surface area contributed by atoms with Crippen molar-refractivity contribution in [1.29, 1.82) is 0 Å². The van der Waals surface area contributed by atoms with Gasteiger partial charge in [-0.05, 0) is 54.5 Å². The number of benzene rings is 1. The summed E-state index contributed by atoms with van der Waals surface area (Å²) in [6, 6.07) is 8.47. The Balaban J connectivity index is 1.70. The molecule has 0 spiro atoms. The van der Waals surface area contributed by atoms with Crippen molar-refractivity contribution >= 4 is 28.1 Å². The monoisotopic (exact) mass is 314 g/mol. The van der Waals surface area contributed by atoms with Crippen LogP contribution in [0.2, 0.25) is 0 Å². The zero-order valence-electron chi connectivity index (χ0n) is 11.9. The van der Waals surface area contributed by atoms with Gasteiger partial charge >= 0.3 is 0 Å². The van der Waals surface area contributed by atoms with Crippen molar-refractivity contribution < 1.29 is 9.18 Å². The highest BCUT2D eigenvalue weighted by Gasteiger charge is 2.26. The highest BCUT2D eigenvalue weighted by molar-refractivity contribution is 7.12. The number of rotatable bonds is 2. The molecule has 0 unspecified atom stereocenters. The fourth-order valence-electron chi connectivity index (χ4n) is 3.22. The number of aromatic amines is 1. The number of halogens is 1. The largest absolute Gasteiger partial charge is 0.356 e. The molecule has 1 amide bonds. The van der Waals surface area contributed by atoms with E-state index >= 15 is 0 Å². The van der Waals surface area contributed by atoms with Gasteiger partial charge in [0.2, 0.25) is 0 Å². The highest BCUT2D eigenvalue weighted by atomic mass is 32.1. The SMILES string of the molecule is O=C(N[C@@H]1CCCc2c1[nH]c1ccc(F)cc21)c1cccs1. The third-order valence-electron chi connectivity index (χ3n) is 4.22. The van der Waals surface area contributed by atoms with Crippen LogP contribution in [0.25, 0.3) is 10.9 Å². The molecule has 1 aromatic carbocycles. The first kappa shape index (κ1) is 13.5. The van der Waals surface area contributed by atoms with E-state index in [1.54, 1.807) is 12.1 Å².